The minimum Gasteiger partial charge on any atom is -0.403 e. The Kier molecular flexibility index (Phi) is 4.47. The number of rotatable bonds is 3. The van der Waals surface area contributed by atoms with Gasteiger partial charge in [-0.05, 0) is 45.4 Å². The molecule has 2 saturated heterocycles. The highest BCUT2D eigenvalue weighted by Crippen LogP contribution is 2.40. The quantitative estimate of drug-likeness (QED) is 0.801. The largest absolute Gasteiger partial charge is 0.465 e. The van der Waals surface area contributed by atoms with Crippen molar-refractivity contribution < 1.29 is 14.0 Å². The van der Waals surface area contributed by atoms with Crippen molar-refractivity contribution in [1.29, 1.82) is 0 Å². The minimum atomic E-state index is -0.278. The summed E-state index contributed by atoms with van der Waals surface area (Å²) in [6, 6.07) is 8.78. The summed E-state index contributed by atoms with van der Waals surface area (Å²) in [5.74, 6) is 0.204. The maximum absolute atomic E-state index is 6.18. The predicted octanol–water partition coefficient (Wildman–Crippen LogP) is 3.26. The molecule has 4 nitrogen and oxygen atoms in total. The van der Waals surface area contributed by atoms with Crippen molar-refractivity contribution in [3.05, 3.63) is 29.8 Å². The maximum Gasteiger partial charge on any atom is 0.465 e. The van der Waals surface area contributed by atoms with Crippen molar-refractivity contribution >= 4 is 12.8 Å². The highest BCUT2D eigenvalue weighted by atomic mass is 16.7. The first-order valence-corrected chi connectivity index (χ1v) is 8.58. The number of morpholine rings is 1. The predicted molar refractivity (Wildman–Crippen MR) is 94.0 cm³/mol. The Balaban J connectivity index is 1.70. The number of anilines is 1. The molecule has 0 unspecified atom stereocenters. The fourth-order valence-corrected chi connectivity index (χ4v) is 3.06. The van der Waals surface area contributed by atoms with Crippen molar-refractivity contribution in [3.8, 4) is 0 Å². The van der Waals surface area contributed by atoms with Gasteiger partial charge in [-0.25, -0.2) is 0 Å². The molecule has 2 fully saturated rings. The third-order valence-electron chi connectivity index (χ3n) is 5.47. The van der Waals surface area contributed by atoms with Gasteiger partial charge in [-0.2, -0.15) is 0 Å². The normalized spacial score (nSPS) is 24.7. The zero-order chi connectivity index (χ0) is 16.7. The first-order valence-electron chi connectivity index (χ1n) is 8.58. The summed E-state index contributed by atoms with van der Waals surface area (Å²) in [6.07, 6.45) is 0. The van der Waals surface area contributed by atoms with E-state index in [4.69, 9.17) is 14.0 Å². The number of nitrogens with zero attached hydrogens (tertiary/aromatic N) is 1. The summed E-state index contributed by atoms with van der Waals surface area (Å²) >= 11 is 0. The van der Waals surface area contributed by atoms with Gasteiger partial charge >= 0.3 is 7.12 Å². The Morgan fingerprint density at radius 1 is 0.957 bits per heavy atom. The van der Waals surface area contributed by atoms with E-state index in [0.29, 0.717) is 0 Å². The van der Waals surface area contributed by atoms with Gasteiger partial charge in [0, 0.05) is 24.6 Å². The molecule has 5 heteroatoms. The van der Waals surface area contributed by atoms with E-state index in [9.17, 15) is 0 Å². The molecule has 126 valence electrons. The second-order valence-corrected chi connectivity index (χ2v) is 7.60. The second kappa shape index (κ2) is 6.12. The summed E-state index contributed by atoms with van der Waals surface area (Å²) in [5.41, 5.74) is 1.96. The molecule has 0 N–H and O–H groups in total. The van der Waals surface area contributed by atoms with Crippen LogP contribution in [0.1, 0.15) is 46.0 Å². The molecule has 0 bridgehead atoms. The Morgan fingerprint density at radius 2 is 1.48 bits per heavy atom. The minimum absolute atomic E-state index is 0.200. The molecule has 1 atom stereocenters. The van der Waals surface area contributed by atoms with Gasteiger partial charge in [0.05, 0.1) is 24.4 Å². The van der Waals surface area contributed by atoms with Gasteiger partial charge < -0.3 is 18.9 Å². The number of benzene rings is 1. The lowest BCUT2D eigenvalue weighted by Crippen LogP contribution is -2.41. The summed E-state index contributed by atoms with van der Waals surface area (Å²) < 4.78 is 17.8. The Hall–Kier alpha value is -1.04. The Morgan fingerprint density at radius 3 is 2.00 bits per heavy atom. The van der Waals surface area contributed by atoms with Crippen LogP contribution in [0.5, 0.6) is 0 Å². The van der Waals surface area contributed by atoms with Gasteiger partial charge in [-0.15, -0.1) is 0 Å². The molecular formula is C18H28BNO3. The molecule has 0 spiro atoms. The molecule has 0 amide bonds. The van der Waals surface area contributed by atoms with Crippen LogP contribution in [0.15, 0.2) is 24.3 Å². The van der Waals surface area contributed by atoms with Crippen LogP contribution >= 0.6 is 0 Å². The van der Waals surface area contributed by atoms with Crippen molar-refractivity contribution in [3.63, 3.8) is 0 Å². The maximum atomic E-state index is 6.18. The highest BCUT2D eigenvalue weighted by molar-refractivity contribution is 6.47. The average molecular weight is 317 g/mol. The molecule has 23 heavy (non-hydrogen) atoms. The molecule has 1 aromatic rings. The monoisotopic (exact) mass is 317 g/mol. The zero-order valence-electron chi connectivity index (χ0n) is 15.0. The van der Waals surface area contributed by atoms with E-state index < -0.39 is 0 Å². The summed E-state index contributed by atoms with van der Waals surface area (Å²) in [5, 5.41) is 0. The van der Waals surface area contributed by atoms with Crippen molar-refractivity contribution in [1.82, 2.24) is 0 Å². The van der Waals surface area contributed by atoms with E-state index in [-0.39, 0.29) is 24.1 Å². The fourth-order valence-electron chi connectivity index (χ4n) is 3.06. The smallest absolute Gasteiger partial charge is 0.403 e. The van der Waals surface area contributed by atoms with Gasteiger partial charge in [0.25, 0.3) is 0 Å². The highest BCUT2D eigenvalue weighted by Gasteiger charge is 2.52. The lowest BCUT2D eigenvalue weighted by molar-refractivity contribution is 0.00578. The lowest BCUT2D eigenvalue weighted by atomic mass is 9.69. The van der Waals surface area contributed by atoms with Crippen molar-refractivity contribution in [2.75, 3.05) is 31.2 Å². The van der Waals surface area contributed by atoms with E-state index in [0.717, 1.165) is 26.3 Å². The Bertz CT molecular complexity index is 522. The van der Waals surface area contributed by atoms with Crippen LogP contribution in [0.2, 0.25) is 0 Å². The van der Waals surface area contributed by atoms with Crippen molar-refractivity contribution in [2.24, 2.45) is 0 Å². The second-order valence-electron chi connectivity index (χ2n) is 7.60. The van der Waals surface area contributed by atoms with Gasteiger partial charge in [0.15, 0.2) is 0 Å². The number of hydrogen-bond acceptors (Lipinski definition) is 4. The van der Waals surface area contributed by atoms with E-state index in [1.165, 1.54) is 11.3 Å². The summed E-state index contributed by atoms with van der Waals surface area (Å²) in [4.78, 5) is 2.37. The molecule has 0 aromatic heterocycles. The van der Waals surface area contributed by atoms with Gasteiger partial charge in [-0.3, -0.25) is 0 Å². The number of ether oxygens (including phenoxy) is 1. The molecule has 0 radical (unpaired) electrons. The van der Waals surface area contributed by atoms with Crippen molar-refractivity contribution in [2.45, 2.75) is 51.6 Å². The lowest BCUT2D eigenvalue weighted by Gasteiger charge is -2.32. The third-order valence-corrected chi connectivity index (χ3v) is 5.47. The van der Waals surface area contributed by atoms with Gasteiger partial charge in [-0.1, -0.05) is 19.1 Å². The van der Waals surface area contributed by atoms with E-state index in [1.54, 1.807) is 0 Å². The molecule has 0 aliphatic carbocycles. The first kappa shape index (κ1) is 16.8. The summed E-state index contributed by atoms with van der Waals surface area (Å²) in [7, 11) is -0.200. The van der Waals surface area contributed by atoms with Crippen LogP contribution in [-0.2, 0) is 14.0 Å². The van der Waals surface area contributed by atoms with Crippen LogP contribution < -0.4 is 4.90 Å². The first-order chi connectivity index (χ1) is 10.8. The summed E-state index contributed by atoms with van der Waals surface area (Å²) in [6.45, 7) is 14.1. The standard InChI is InChI=1S/C18H28BNO3/c1-14(19-22-17(2,3)18(4,5)23-19)15-6-8-16(9-7-15)20-10-12-21-13-11-20/h6-9,14H,10-13H2,1-5H3/t14-/m1/s1. The molecule has 3 rings (SSSR count). The molecule has 2 aliphatic heterocycles. The SMILES string of the molecule is C[C@@H](B1OC(C)(C)C(C)(C)O1)c1ccc(N2CCOCC2)cc1. The van der Waals surface area contributed by atoms with Crippen LogP contribution in [0.4, 0.5) is 5.69 Å². The molecule has 0 saturated carbocycles. The molecule has 2 heterocycles. The van der Waals surface area contributed by atoms with Crippen LogP contribution in [-0.4, -0.2) is 44.6 Å². The zero-order valence-corrected chi connectivity index (χ0v) is 15.0. The van der Waals surface area contributed by atoms with Crippen LogP contribution in [0, 0.1) is 0 Å². The van der Waals surface area contributed by atoms with E-state index in [2.05, 4.69) is 63.8 Å². The van der Waals surface area contributed by atoms with Crippen LogP contribution in [0.3, 0.4) is 0 Å². The fraction of sp³-hybridized carbons (Fsp3) is 0.667. The van der Waals surface area contributed by atoms with Crippen LogP contribution in [0.25, 0.3) is 0 Å². The average Bonchev–Trinajstić information content (AvgIpc) is 2.76. The van der Waals surface area contributed by atoms with Gasteiger partial charge in [0.1, 0.15) is 0 Å². The molecular weight excluding hydrogens is 289 g/mol. The van der Waals surface area contributed by atoms with E-state index >= 15 is 0 Å². The van der Waals surface area contributed by atoms with Gasteiger partial charge in [0.2, 0.25) is 0 Å². The molecule has 1 aromatic carbocycles. The third kappa shape index (κ3) is 3.28. The topological polar surface area (TPSA) is 30.9 Å². The molecule has 2 aliphatic rings. The Labute approximate surface area is 140 Å². The van der Waals surface area contributed by atoms with E-state index in [1.807, 2.05) is 0 Å². The number of hydrogen-bond donors (Lipinski definition) is 0.